The highest BCUT2D eigenvalue weighted by atomic mass is 32.2. The summed E-state index contributed by atoms with van der Waals surface area (Å²) in [6, 6.07) is 16.1. The van der Waals surface area contributed by atoms with E-state index < -0.39 is 10.0 Å². The monoisotopic (exact) mass is 495 g/mol. The molecule has 0 saturated carbocycles. The van der Waals surface area contributed by atoms with Crippen molar-refractivity contribution in [2.45, 2.75) is 24.9 Å². The van der Waals surface area contributed by atoms with Gasteiger partial charge in [0.15, 0.2) is 0 Å². The van der Waals surface area contributed by atoms with Crippen molar-refractivity contribution in [3.8, 4) is 0 Å². The summed E-state index contributed by atoms with van der Waals surface area (Å²) in [7, 11) is -2.09. The molecular weight excluding hydrogens is 466 g/mol. The van der Waals surface area contributed by atoms with Gasteiger partial charge in [-0.25, -0.2) is 8.42 Å². The number of sulfonamides is 1. The molecule has 0 atom stereocenters. The summed E-state index contributed by atoms with van der Waals surface area (Å²) in [5.74, 6) is -0.345. The molecule has 1 aliphatic heterocycles. The summed E-state index contributed by atoms with van der Waals surface area (Å²) in [5, 5.41) is 4.38. The van der Waals surface area contributed by atoms with Gasteiger partial charge in [-0.1, -0.05) is 36.4 Å². The molecule has 9 nitrogen and oxygen atoms in total. The zero-order valence-electron chi connectivity index (χ0n) is 19.9. The van der Waals surface area contributed by atoms with Gasteiger partial charge in [-0.05, 0) is 23.8 Å². The summed E-state index contributed by atoms with van der Waals surface area (Å²) >= 11 is 0. The maximum atomic E-state index is 13.1. The minimum Gasteiger partial charge on any atom is -0.340 e. The van der Waals surface area contributed by atoms with E-state index in [9.17, 15) is 18.0 Å². The first-order chi connectivity index (χ1) is 16.7. The molecule has 3 aromatic rings. The van der Waals surface area contributed by atoms with Gasteiger partial charge in [0.2, 0.25) is 15.9 Å². The van der Waals surface area contributed by atoms with E-state index in [1.165, 1.54) is 23.4 Å². The van der Waals surface area contributed by atoms with Crippen molar-refractivity contribution >= 4 is 21.8 Å². The third-order valence-electron chi connectivity index (χ3n) is 6.04. The van der Waals surface area contributed by atoms with Gasteiger partial charge in [0, 0.05) is 64.0 Å². The summed E-state index contributed by atoms with van der Waals surface area (Å²) in [6.45, 7) is 3.63. The highest BCUT2D eigenvalue weighted by Crippen LogP contribution is 2.20. The Labute approximate surface area is 205 Å². The molecule has 2 amide bonds. The number of piperazine rings is 1. The number of rotatable bonds is 7. The first-order valence-corrected chi connectivity index (χ1v) is 12.8. The second-order valence-corrected chi connectivity index (χ2v) is 10.6. The van der Waals surface area contributed by atoms with Crippen molar-refractivity contribution in [2.75, 3.05) is 33.2 Å². The van der Waals surface area contributed by atoms with Crippen LogP contribution < -0.4 is 0 Å². The molecule has 35 heavy (non-hydrogen) atoms. The lowest BCUT2D eigenvalue weighted by atomic mass is 10.2. The lowest BCUT2D eigenvalue weighted by molar-refractivity contribution is -0.129. The van der Waals surface area contributed by atoms with Gasteiger partial charge in [0.25, 0.3) is 5.91 Å². The summed E-state index contributed by atoms with van der Waals surface area (Å²) in [6.07, 6.45) is 3.63. The molecule has 0 N–H and O–H groups in total. The number of hydrogen-bond donors (Lipinski definition) is 0. The van der Waals surface area contributed by atoms with Crippen LogP contribution in [0.3, 0.4) is 0 Å². The van der Waals surface area contributed by atoms with Crippen molar-refractivity contribution < 1.29 is 18.0 Å². The molecule has 1 aliphatic rings. The van der Waals surface area contributed by atoms with Crippen LogP contribution in [0.2, 0.25) is 0 Å². The fraction of sp³-hybridized carbons (Fsp3) is 0.320. The van der Waals surface area contributed by atoms with Crippen LogP contribution >= 0.6 is 0 Å². The molecular formula is C25H29N5O4S. The van der Waals surface area contributed by atoms with Gasteiger partial charge in [0.05, 0.1) is 17.6 Å². The van der Waals surface area contributed by atoms with Crippen molar-refractivity contribution in [3.05, 3.63) is 83.7 Å². The van der Waals surface area contributed by atoms with Crippen molar-refractivity contribution in [2.24, 2.45) is 0 Å². The van der Waals surface area contributed by atoms with Crippen LogP contribution in [-0.4, -0.2) is 77.3 Å². The lowest BCUT2D eigenvalue weighted by Gasteiger charge is -2.33. The smallest absolute Gasteiger partial charge is 0.253 e. The number of hydrogen-bond acceptors (Lipinski definition) is 5. The van der Waals surface area contributed by atoms with Gasteiger partial charge in [-0.3, -0.25) is 14.3 Å². The highest BCUT2D eigenvalue weighted by molar-refractivity contribution is 7.89. The molecule has 2 aromatic carbocycles. The molecule has 1 saturated heterocycles. The molecule has 4 rings (SSSR count). The fourth-order valence-electron chi connectivity index (χ4n) is 4.09. The average molecular weight is 496 g/mol. The molecule has 0 aliphatic carbocycles. The number of aromatic nitrogens is 2. The van der Waals surface area contributed by atoms with Gasteiger partial charge in [-0.2, -0.15) is 9.40 Å². The Balaban J connectivity index is 1.41. The fourth-order valence-corrected chi connectivity index (χ4v) is 5.56. The summed E-state index contributed by atoms with van der Waals surface area (Å²) in [5.41, 5.74) is 2.31. The minimum absolute atomic E-state index is 0.0664. The van der Waals surface area contributed by atoms with Crippen molar-refractivity contribution in [1.29, 1.82) is 0 Å². The second-order valence-electron chi connectivity index (χ2n) is 8.63. The van der Waals surface area contributed by atoms with Crippen molar-refractivity contribution in [3.63, 3.8) is 0 Å². The summed E-state index contributed by atoms with van der Waals surface area (Å²) in [4.78, 5) is 27.8. The van der Waals surface area contributed by atoms with E-state index in [0.717, 1.165) is 11.1 Å². The molecule has 0 radical (unpaired) electrons. The number of amides is 2. The predicted octanol–water partition coefficient (Wildman–Crippen LogP) is 2.06. The lowest BCUT2D eigenvalue weighted by Crippen LogP contribution is -2.49. The SMILES string of the molecule is CC(=O)N1CCN(S(=O)(=O)c2cccc(C(=O)N(C)Cc3cnn(Cc4ccccc4)c3)c2)CC1. The van der Waals surface area contributed by atoms with Crippen LogP contribution in [0.1, 0.15) is 28.4 Å². The Bertz CT molecular complexity index is 1300. The molecule has 0 bridgehead atoms. The molecule has 10 heteroatoms. The van der Waals surface area contributed by atoms with E-state index in [1.807, 2.05) is 41.2 Å². The van der Waals surface area contributed by atoms with E-state index >= 15 is 0 Å². The van der Waals surface area contributed by atoms with Crippen LogP contribution in [-0.2, 0) is 27.9 Å². The highest BCUT2D eigenvalue weighted by Gasteiger charge is 2.29. The third kappa shape index (κ3) is 5.77. The normalized spacial score (nSPS) is 14.6. The van der Waals surface area contributed by atoms with Gasteiger partial charge in [0.1, 0.15) is 0 Å². The Morgan fingerprint density at radius 3 is 2.37 bits per heavy atom. The molecule has 1 aromatic heterocycles. The quantitative estimate of drug-likeness (QED) is 0.500. The van der Waals surface area contributed by atoms with E-state index in [4.69, 9.17) is 0 Å². The standard InChI is InChI=1S/C25H29N5O4S/c1-20(31)28-11-13-30(14-12-28)35(33,34)24-10-6-9-23(15-24)25(32)27(2)17-22-16-26-29(19-22)18-21-7-4-3-5-8-21/h3-10,15-16,19H,11-14,17-18H2,1-2H3. The molecule has 1 fully saturated rings. The maximum absolute atomic E-state index is 13.1. The molecule has 184 valence electrons. The zero-order valence-corrected chi connectivity index (χ0v) is 20.7. The number of nitrogens with zero attached hydrogens (tertiary/aromatic N) is 5. The van der Waals surface area contributed by atoms with Crippen LogP contribution in [0, 0.1) is 0 Å². The van der Waals surface area contributed by atoms with Crippen LogP contribution in [0.4, 0.5) is 0 Å². The zero-order chi connectivity index (χ0) is 25.0. The van der Waals surface area contributed by atoms with Gasteiger partial charge < -0.3 is 9.80 Å². The van der Waals surface area contributed by atoms with E-state index in [1.54, 1.807) is 35.2 Å². The second kappa shape index (κ2) is 10.4. The van der Waals surface area contributed by atoms with E-state index in [2.05, 4.69) is 5.10 Å². The van der Waals surface area contributed by atoms with E-state index in [0.29, 0.717) is 31.7 Å². The Morgan fingerprint density at radius 1 is 0.971 bits per heavy atom. The largest absolute Gasteiger partial charge is 0.340 e. The Morgan fingerprint density at radius 2 is 1.69 bits per heavy atom. The molecule has 0 unspecified atom stereocenters. The number of carbonyl (C=O) groups excluding carboxylic acids is 2. The number of benzene rings is 2. The van der Waals surface area contributed by atoms with Crippen LogP contribution in [0.15, 0.2) is 71.9 Å². The minimum atomic E-state index is -3.77. The predicted molar refractivity (Wildman–Crippen MR) is 131 cm³/mol. The number of carbonyl (C=O) groups is 2. The van der Waals surface area contributed by atoms with E-state index in [-0.39, 0.29) is 29.8 Å². The molecule has 2 heterocycles. The van der Waals surface area contributed by atoms with Crippen LogP contribution in [0.5, 0.6) is 0 Å². The van der Waals surface area contributed by atoms with Gasteiger partial charge >= 0.3 is 0 Å². The first kappa shape index (κ1) is 24.6. The molecule has 0 spiro atoms. The Kier molecular flexibility index (Phi) is 7.32. The maximum Gasteiger partial charge on any atom is 0.253 e. The summed E-state index contributed by atoms with van der Waals surface area (Å²) < 4.78 is 29.5. The van der Waals surface area contributed by atoms with Gasteiger partial charge in [-0.15, -0.1) is 0 Å². The average Bonchev–Trinajstić information content (AvgIpc) is 3.30. The van der Waals surface area contributed by atoms with Crippen molar-refractivity contribution in [1.82, 2.24) is 23.9 Å². The first-order valence-electron chi connectivity index (χ1n) is 11.4. The topological polar surface area (TPSA) is 95.8 Å². The third-order valence-corrected chi connectivity index (χ3v) is 7.94. The van der Waals surface area contributed by atoms with Crippen LogP contribution in [0.25, 0.3) is 0 Å². The Hall–Kier alpha value is -3.50.